The van der Waals surface area contributed by atoms with Gasteiger partial charge in [-0.1, -0.05) is 0 Å². The van der Waals surface area contributed by atoms with Crippen LogP contribution < -0.4 is 10.2 Å². The number of amides is 1. The van der Waals surface area contributed by atoms with E-state index in [9.17, 15) is 4.79 Å². The zero-order valence-electron chi connectivity index (χ0n) is 8.95. The van der Waals surface area contributed by atoms with E-state index in [0.29, 0.717) is 6.54 Å². The second-order valence-corrected chi connectivity index (χ2v) is 5.18. The summed E-state index contributed by atoms with van der Waals surface area (Å²) in [5.74, 6) is 0.0128. The number of nitrogens with one attached hydrogen (secondary N) is 1. The third-order valence-electron chi connectivity index (χ3n) is 1.62. The van der Waals surface area contributed by atoms with Crippen molar-refractivity contribution in [3.05, 3.63) is 9.98 Å². The topological polar surface area (TPSA) is 45.2 Å². The molecule has 1 aromatic rings. The molecular weight excluding hydrogens is 278 g/mol. The number of rotatable bonds is 4. The normalized spacial score (nSPS) is 10.5. The van der Waals surface area contributed by atoms with E-state index in [2.05, 4.69) is 26.2 Å². The van der Waals surface area contributed by atoms with Crippen LogP contribution in [0.3, 0.4) is 0 Å². The van der Waals surface area contributed by atoms with Gasteiger partial charge in [-0.3, -0.25) is 4.79 Å². The van der Waals surface area contributed by atoms with Crippen molar-refractivity contribution in [2.45, 2.75) is 19.9 Å². The minimum atomic E-state index is 0.0128. The maximum Gasteiger partial charge on any atom is 0.239 e. The lowest BCUT2D eigenvalue weighted by atomic mass is 10.4. The van der Waals surface area contributed by atoms with E-state index in [1.54, 1.807) is 0 Å². The van der Waals surface area contributed by atoms with Crippen LogP contribution in [0.15, 0.2) is 9.98 Å². The Morgan fingerprint density at radius 3 is 2.87 bits per heavy atom. The Hall–Kier alpha value is -0.620. The Morgan fingerprint density at radius 2 is 2.40 bits per heavy atom. The standard InChI is InChI=1S/C9H14BrN3OS/c1-6(2)11-8(14)4-13(3)9-12-7(10)5-15-9/h5-6H,4H2,1-3H3,(H,11,14). The van der Waals surface area contributed by atoms with Gasteiger partial charge in [-0.05, 0) is 29.8 Å². The minimum absolute atomic E-state index is 0.0128. The highest BCUT2D eigenvalue weighted by Crippen LogP contribution is 2.22. The highest BCUT2D eigenvalue weighted by atomic mass is 79.9. The number of aromatic nitrogens is 1. The Bertz CT molecular complexity index is 340. The van der Waals surface area contributed by atoms with Gasteiger partial charge >= 0.3 is 0 Å². The second kappa shape index (κ2) is 5.46. The molecule has 0 fully saturated rings. The molecule has 1 amide bonds. The predicted octanol–water partition coefficient (Wildman–Crippen LogP) is 1.87. The highest BCUT2D eigenvalue weighted by Gasteiger charge is 2.10. The van der Waals surface area contributed by atoms with Crippen molar-refractivity contribution in [1.82, 2.24) is 10.3 Å². The van der Waals surface area contributed by atoms with Crippen molar-refractivity contribution >= 4 is 38.3 Å². The van der Waals surface area contributed by atoms with Gasteiger partial charge < -0.3 is 10.2 Å². The summed E-state index contributed by atoms with van der Waals surface area (Å²) in [6.07, 6.45) is 0. The minimum Gasteiger partial charge on any atom is -0.352 e. The highest BCUT2D eigenvalue weighted by molar-refractivity contribution is 9.10. The van der Waals surface area contributed by atoms with Crippen LogP contribution in [-0.4, -0.2) is 30.5 Å². The van der Waals surface area contributed by atoms with Crippen LogP contribution in [0.5, 0.6) is 0 Å². The monoisotopic (exact) mass is 291 g/mol. The third-order valence-corrected chi connectivity index (χ3v) is 3.29. The molecular formula is C9H14BrN3OS. The van der Waals surface area contributed by atoms with Crippen LogP contribution in [0.2, 0.25) is 0 Å². The van der Waals surface area contributed by atoms with Gasteiger partial charge in [0.2, 0.25) is 5.91 Å². The second-order valence-electron chi connectivity index (χ2n) is 3.53. The van der Waals surface area contributed by atoms with Crippen LogP contribution in [-0.2, 0) is 4.79 Å². The van der Waals surface area contributed by atoms with Gasteiger partial charge in [0.05, 0.1) is 6.54 Å². The summed E-state index contributed by atoms with van der Waals surface area (Å²) in [4.78, 5) is 17.5. The first kappa shape index (κ1) is 12.4. The average molecular weight is 292 g/mol. The van der Waals surface area contributed by atoms with Crippen LogP contribution in [0.4, 0.5) is 5.13 Å². The summed E-state index contributed by atoms with van der Waals surface area (Å²) in [7, 11) is 1.85. The summed E-state index contributed by atoms with van der Waals surface area (Å²) in [5, 5.41) is 5.56. The van der Waals surface area contributed by atoms with Crippen LogP contribution in [0.1, 0.15) is 13.8 Å². The van der Waals surface area contributed by atoms with Crippen molar-refractivity contribution in [3.63, 3.8) is 0 Å². The molecule has 0 aliphatic rings. The molecule has 0 spiro atoms. The summed E-state index contributed by atoms with van der Waals surface area (Å²) in [6.45, 7) is 4.22. The zero-order valence-corrected chi connectivity index (χ0v) is 11.4. The lowest BCUT2D eigenvalue weighted by Gasteiger charge is -2.16. The van der Waals surface area contributed by atoms with Crippen LogP contribution >= 0.6 is 27.3 Å². The van der Waals surface area contributed by atoms with Crippen molar-refractivity contribution in [2.75, 3.05) is 18.5 Å². The van der Waals surface area contributed by atoms with Gasteiger partial charge in [-0.25, -0.2) is 4.98 Å². The van der Waals surface area contributed by atoms with Crippen molar-refractivity contribution in [2.24, 2.45) is 0 Å². The summed E-state index contributed by atoms with van der Waals surface area (Å²) >= 11 is 4.79. The van der Waals surface area contributed by atoms with Crippen molar-refractivity contribution < 1.29 is 4.79 Å². The first-order chi connectivity index (χ1) is 6.99. The molecule has 1 heterocycles. The summed E-state index contributed by atoms with van der Waals surface area (Å²) < 4.78 is 0.804. The number of anilines is 1. The Balaban J connectivity index is 2.48. The smallest absolute Gasteiger partial charge is 0.239 e. The van der Waals surface area contributed by atoms with E-state index in [0.717, 1.165) is 9.73 Å². The SMILES string of the molecule is CC(C)NC(=O)CN(C)c1nc(Br)cs1. The maximum absolute atomic E-state index is 11.5. The molecule has 0 aliphatic carbocycles. The molecule has 0 aliphatic heterocycles. The first-order valence-corrected chi connectivity index (χ1v) is 6.28. The van der Waals surface area contributed by atoms with Crippen LogP contribution in [0.25, 0.3) is 0 Å². The van der Waals surface area contributed by atoms with E-state index >= 15 is 0 Å². The average Bonchev–Trinajstić information content (AvgIpc) is 2.49. The molecule has 1 aromatic heterocycles. The molecule has 1 rings (SSSR count). The number of carbonyl (C=O) groups excluding carboxylic acids is 1. The number of hydrogen-bond acceptors (Lipinski definition) is 4. The molecule has 84 valence electrons. The number of nitrogens with zero attached hydrogens (tertiary/aromatic N) is 2. The van der Waals surface area contributed by atoms with E-state index < -0.39 is 0 Å². The molecule has 15 heavy (non-hydrogen) atoms. The number of carbonyl (C=O) groups is 1. The van der Waals surface area contributed by atoms with E-state index in [4.69, 9.17) is 0 Å². The molecule has 6 heteroatoms. The molecule has 4 nitrogen and oxygen atoms in total. The first-order valence-electron chi connectivity index (χ1n) is 4.60. The number of likely N-dealkylation sites (N-methyl/N-ethyl adjacent to an activating group) is 1. The molecule has 0 saturated carbocycles. The molecule has 0 unspecified atom stereocenters. The van der Waals surface area contributed by atoms with Gasteiger partial charge in [0.15, 0.2) is 5.13 Å². The van der Waals surface area contributed by atoms with Crippen molar-refractivity contribution in [3.8, 4) is 0 Å². The molecule has 0 radical (unpaired) electrons. The zero-order chi connectivity index (χ0) is 11.4. The molecule has 0 bridgehead atoms. The lowest BCUT2D eigenvalue weighted by Crippen LogP contribution is -2.38. The fourth-order valence-corrected chi connectivity index (χ4v) is 2.29. The van der Waals surface area contributed by atoms with Gasteiger partial charge in [0.25, 0.3) is 0 Å². The van der Waals surface area contributed by atoms with Gasteiger partial charge in [0, 0.05) is 18.5 Å². The summed E-state index contributed by atoms with van der Waals surface area (Å²) in [6, 6.07) is 0.175. The Morgan fingerprint density at radius 1 is 1.73 bits per heavy atom. The van der Waals surface area contributed by atoms with E-state index in [-0.39, 0.29) is 11.9 Å². The predicted molar refractivity (Wildman–Crippen MR) is 66.4 cm³/mol. The fraction of sp³-hybridized carbons (Fsp3) is 0.556. The van der Waals surface area contributed by atoms with Gasteiger partial charge in [-0.15, -0.1) is 11.3 Å². The lowest BCUT2D eigenvalue weighted by molar-refractivity contribution is -0.120. The van der Waals surface area contributed by atoms with Gasteiger partial charge in [-0.2, -0.15) is 0 Å². The molecule has 0 aromatic carbocycles. The van der Waals surface area contributed by atoms with Gasteiger partial charge in [0.1, 0.15) is 4.60 Å². The van der Waals surface area contributed by atoms with E-state index in [1.165, 1.54) is 11.3 Å². The number of halogens is 1. The Kier molecular flexibility index (Phi) is 4.53. The molecule has 1 N–H and O–H groups in total. The van der Waals surface area contributed by atoms with Crippen molar-refractivity contribution in [1.29, 1.82) is 0 Å². The Labute approximate surface area is 102 Å². The van der Waals surface area contributed by atoms with E-state index in [1.807, 2.05) is 31.2 Å². The van der Waals surface area contributed by atoms with Crippen LogP contribution in [0, 0.1) is 0 Å². The number of thiazole rings is 1. The molecule has 0 saturated heterocycles. The number of hydrogen-bond donors (Lipinski definition) is 1. The fourth-order valence-electron chi connectivity index (χ4n) is 1.07. The largest absolute Gasteiger partial charge is 0.352 e. The third kappa shape index (κ3) is 4.17. The summed E-state index contributed by atoms with van der Waals surface area (Å²) in [5.41, 5.74) is 0. The molecule has 0 atom stereocenters. The maximum atomic E-state index is 11.5. The quantitative estimate of drug-likeness (QED) is 0.921.